The highest BCUT2D eigenvalue weighted by Crippen LogP contribution is 2.38. The Morgan fingerprint density at radius 2 is 1.88 bits per heavy atom. The monoisotopic (exact) mass is 323 g/mol. The van der Waals surface area contributed by atoms with Crippen LogP contribution in [-0.2, 0) is 0 Å². The number of aromatic nitrogens is 2. The van der Waals surface area contributed by atoms with Crippen LogP contribution in [0.25, 0.3) is 0 Å². The minimum Gasteiger partial charge on any atom is -0.496 e. The lowest BCUT2D eigenvalue weighted by molar-refractivity contribution is 0.0789. The highest BCUT2D eigenvalue weighted by atomic mass is 16.5. The number of amides is 1. The maximum absolute atomic E-state index is 12.7. The third-order valence-corrected chi connectivity index (χ3v) is 4.92. The van der Waals surface area contributed by atoms with Gasteiger partial charge in [-0.3, -0.25) is 4.79 Å². The summed E-state index contributed by atoms with van der Waals surface area (Å²) >= 11 is 0. The molecule has 1 aliphatic heterocycles. The van der Waals surface area contributed by atoms with Crippen molar-refractivity contribution in [1.29, 1.82) is 0 Å². The van der Waals surface area contributed by atoms with E-state index in [-0.39, 0.29) is 5.91 Å². The number of carbonyl (C=O) groups excluding carboxylic acids is 1. The first-order valence-electron chi connectivity index (χ1n) is 8.50. The topological polar surface area (TPSA) is 55.3 Å². The number of hydrogen-bond donors (Lipinski definition) is 0. The molecule has 1 saturated carbocycles. The molecule has 0 radical (unpaired) electrons. The van der Waals surface area contributed by atoms with Gasteiger partial charge in [0.05, 0.1) is 12.7 Å². The van der Waals surface area contributed by atoms with Crippen LogP contribution in [0.4, 0.5) is 0 Å². The summed E-state index contributed by atoms with van der Waals surface area (Å²) in [6, 6.07) is 8.06. The summed E-state index contributed by atoms with van der Waals surface area (Å²) in [5, 5.41) is 0. The van der Waals surface area contributed by atoms with Crippen molar-refractivity contribution in [2.45, 2.75) is 31.1 Å². The Balaban J connectivity index is 1.46. The molecule has 4 rings (SSSR count). The third-order valence-electron chi connectivity index (χ3n) is 4.92. The molecule has 1 aromatic heterocycles. The Kier molecular flexibility index (Phi) is 3.92. The molecule has 1 unspecified atom stereocenters. The zero-order valence-electron chi connectivity index (χ0n) is 13.8. The van der Waals surface area contributed by atoms with E-state index in [1.54, 1.807) is 19.5 Å². The number of para-hydroxylation sites is 1. The van der Waals surface area contributed by atoms with E-state index in [0.717, 1.165) is 24.5 Å². The molecule has 5 nitrogen and oxygen atoms in total. The molecule has 0 spiro atoms. The minimum absolute atomic E-state index is 0.0229. The largest absolute Gasteiger partial charge is 0.496 e. The molecule has 1 saturated heterocycles. The fourth-order valence-electron chi connectivity index (χ4n) is 3.39. The quantitative estimate of drug-likeness (QED) is 0.868. The van der Waals surface area contributed by atoms with Gasteiger partial charge >= 0.3 is 0 Å². The van der Waals surface area contributed by atoms with Crippen LogP contribution in [0, 0.1) is 0 Å². The Morgan fingerprint density at radius 3 is 2.58 bits per heavy atom. The van der Waals surface area contributed by atoms with Gasteiger partial charge in [-0.25, -0.2) is 9.97 Å². The first-order chi connectivity index (χ1) is 11.8. The summed E-state index contributed by atoms with van der Waals surface area (Å²) < 4.78 is 5.46. The Bertz CT molecular complexity index is 741. The van der Waals surface area contributed by atoms with Crippen LogP contribution in [0.3, 0.4) is 0 Å². The molecule has 2 aromatic rings. The van der Waals surface area contributed by atoms with E-state index in [1.807, 2.05) is 23.1 Å². The lowest BCUT2D eigenvalue weighted by Crippen LogP contribution is -2.28. The van der Waals surface area contributed by atoms with Crippen LogP contribution in [0.5, 0.6) is 5.75 Å². The second-order valence-corrected chi connectivity index (χ2v) is 6.58. The molecule has 2 heterocycles. The van der Waals surface area contributed by atoms with Crippen molar-refractivity contribution < 1.29 is 9.53 Å². The van der Waals surface area contributed by atoms with Gasteiger partial charge in [0.15, 0.2) is 0 Å². The van der Waals surface area contributed by atoms with E-state index >= 15 is 0 Å². The molecular formula is C19H21N3O2. The average Bonchev–Trinajstić information content (AvgIpc) is 3.38. The van der Waals surface area contributed by atoms with E-state index in [9.17, 15) is 4.79 Å². The van der Waals surface area contributed by atoms with Crippen LogP contribution >= 0.6 is 0 Å². The fraction of sp³-hybridized carbons (Fsp3) is 0.421. The second kappa shape index (κ2) is 6.23. The normalized spacial score (nSPS) is 20.2. The molecule has 124 valence electrons. The molecule has 1 amide bonds. The van der Waals surface area contributed by atoms with Crippen molar-refractivity contribution in [2.75, 3.05) is 20.2 Å². The molecule has 24 heavy (non-hydrogen) atoms. The van der Waals surface area contributed by atoms with Crippen molar-refractivity contribution in [3.05, 3.63) is 53.6 Å². The average molecular weight is 323 g/mol. The van der Waals surface area contributed by atoms with Crippen LogP contribution in [-0.4, -0.2) is 41.0 Å². The first-order valence-corrected chi connectivity index (χ1v) is 8.50. The van der Waals surface area contributed by atoms with E-state index in [0.29, 0.717) is 23.9 Å². The fourth-order valence-corrected chi connectivity index (χ4v) is 3.39. The Morgan fingerprint density at radius 1 is 1.12 bits per heavy atom. The van der Waals surface area contributed by atoms with Gasteiger partial charge in [-0.05, 0) is 30.9 Å². The van der Waals surface area contributed by atoms with Crippen molar-refractivity contribution in [3.8, 4) is 5.75 Å². The molecule has 2 fully saturated rings. The first kappa shape index (κ1) is 15.1. The number of nitrogens with zero attached hydrogens (tertiary/aromatic N) is 3. The highest BCUT2D eigenvalue weighted by molar-refractivity contribution is 5.93. The molecule has 1 aliphatic carbocycles. The SMILES string of the molecule is COc1ccccc1C1CCN(C(=O)c2cnc(C3CC3)nc2)C1. The lowest BCUT2D eigenvalue weighted by Gasteiger charge is -2.17. The smallest absolute Gasteiger partial charge is 0.257 e. The molecule has 0 bridgehead atoms. The number of ether oxygens (including phenoxy) is 1. The summed E-state index contributed by atoms with van der Waals surface area (Å²) in [4.78, 5) is 23.3. The summed E-state index contributed by atoms with van der Waals surface area (Å²) in [7, 11) is 1.69. The van der Waals surface area contributed by atoms with Crippen LogP contribution in [0.2, 0.25) is 0 Å². The van der Waals surface area contributed by atoms with E-state index in [1.165, 1.54) is 18.4 Å². The van der Waals surface area contributed by atoms with Gasteiger partial charge in [0.2, 0.25) is 0 Å². The maximum Gasteiger partial charge on any atom is 0.257 e. The molecular weight excluding hydrogens is 302 g/mol. The van der Waals surface area contributed by atoms with Gasteiger partial charge in [-0.2, -0.15) is 0 Å². The lowest BCUT2D eigenvalue weighted by atomic mass is 9.97. The molecule has 0 N–H and O–H groups in total. The van der Waals surface area contributed by atoms with Gasteiger partial charge in [-0.1, -0.05) is 18.2 Å². The van der Waals surface area contributed by atoms with E-state index in [2.05, 4.69) is 16.0 Å². The number of benzene rings is 1. The van der Waals surface area contributed by atoms with Gasteiger partial charge in [-0.15, -0.1) is 0 Å². The second-order valence-electron chi connectivity index (χ2n) is 6.58. The predicted molar refractivity (Wildman–Crippen MR) is 90.3 cm³/mol. The number of likely N-dealkylation sites (tertiary alicyclic amines) is 1. The number of methoxy groups -OCH3 is 1. The zero-order valence-corrected chi connectivity index (χ0v) is 13.8. The molecule has 5 heteroatoms. The summed E-state index contributed by atoms with van der Waals surface area (Å²) in [5.41, 5.74) is 1.76. The maximum atomic E-state index is 12.7. The molecule has 1 atom stereocenters. The Hall–Kier alpha value is -2.43. The van der Waals surface area contributed by atoms with Crippen LogP contribution in [0.15, 0.2) is 36.7 Å². The minimum atomic E-state index is 0.0229. The number of rotatable bonds is 4. The standard InChI is InChI=1S/C19H21N3O2/c1-24-17-5-3-2-4-16(17)14-8-9-22(12-14)19(23)15-10-20-18(21-11-15)13-6-7-13/h2-5,10-11,13-14H,6-9,12H2,1H3. The van der Waals surface area contributed by atoms with Crippen LogP contribution < -0.4 is 4.74 Å². The Labute approximate surface area is 141 Å². The van der Waals surface area contributed by atoms with Gasteiger partial charge in [0.1, 0.15) is 11.6 Å². The van der Waals surface area contributed by atoms with Crippen molar-refractivity contribution >= 4 is 5.91 Å². The number of carbonyl (C=O) groups is 1. The van der Waals surface area contributed by atoms with Crippen molar-refractivity contribution in [3.63, 3.8) is 0 Å². The summed E-state index contributed by atoms with van der Waals surface area (Å²) in [6.07, 6.45) is 6.64. The van der Waals surface area contributed by atoms with Gasteiger partial charge in [0.25, 0.3) is 5.91 Å². The van der Waals surface area contributed by atoms with Gasteiger partial charge in [0, 0.05) is 37.3 Å². The van der Waals surface area contributed by atoms with E-state index in [4.69, 9.17) is 4.74 Å². The van der Waals surface area contributed by atoms with Crippen molar-refractivity contribution in [1.82, 2.24) is 14.9 Å². The zero-order chi connectivity index (χ0) is 16.5. The third kappa shape index (κ3) is 2.86. The number of hydrogen-bond acceptors (Lipinski definition) is 4. The van der Waals surface area contributed by atoms with Gasteiger partial charge < -0.3 is 9.64 Å². The van der Waals surface area contributed by atoms with Crippen LogP contribution in [0.1, 0.15) is 52.8 Å². The highest BCUT2D eigenvalue weighted by Gasteiger charge is 2.30. The van der Waals surface area contributed by atoms with E-state index < -0.39 is 0 Å². The molecule has 1 aromatic carbocycles. The summed E-state index contributed by atoms with van der Waals surface area (Å²) in [5.74, 6) is 2.62. The molecule has 2 aliphatic rings. The predicted octanol–water partition coefficient (Wildman–Crippen LogP) is 2.99. The summed E-state index contributed by atoms with van der Waals surface area (Å²) in [6.45, 7) is 1.47. The van der Waals surface area contributed by atoms with Crippen molar-refractivity contribution in [2.24, 2.45) is 0 Å².